The summed E-state index contributed by atoms with van der Waals surface area (Å²) in [6.45, 7) is 3.37. The molecule has 0 spiro atoms. The van der Waals surface area contributed by atoms with Crippen LogP contribution in [0.2, 0.25) is 0 Å². The number of carbonyl (C=O) groups excluding carboxylic acids is 1. The van der Waals surface area contributed by atoms with Crippen LogP contribution in [0.1, 0.15) is 36.0 Å². The molecule has 26 heavy (non-hydrogen) atoms. The van der Waals surface area contributed by atoms with Gasteiger partial charge in [-0.25, -0.2) is 4.39 Å². The van der Waals surface area contributed by atoms with Gasteiger partial charge in [0.25, 0.3) is 0 Å². The van der Waals surface area contributed by atoms with Crippen molar-refractivity contribution in [1.82, 2.24) is 19.7 Å². The van der Waals surface area contributed by atoms with E-state index in [0.29, 0.717) is 17.1 Å². The van der Waals surface area contributed by atoms with Gasteiger partial charge in [-0.15, -0.1) is 10.2 Å². The fourth-order valence-electron chi connectivity index (χ4n) is 3.35. The van der Waals surface area contributed by atoms with Crippen molar-refractivity contribution in [2.75, 3.05) is 25.0 Å². The number of hydrogen-bond donors (Lipinski definition) is 2. The fraction of sp³-hybridized carbons (Fsp3) is 0.500. The SMILES string of the molecule is Cc1c(F)cccc1NC(=O)CN1CCC(c2nnc(CO)n2C)CC1. The zero-order chi connectivity index (χ0) is 18.7. The van der Waals surface area contributed by atoms with E-state index in [0.717, 1.165) is 31.8 Å². The first-order chi connectivity index (χ1) is 12.5. The summed E-state index contributed by atoms with van der Waals surface area (Å²) in [4.78, 5) is 14.3. The summed E-state index contributed by atoms with van der Waals surface area (Å²) in [5, 5.41) is 20.2. The highest BCUT2D eigenvalue weighted by Crippen LogP contribution is 2.26. The lowest BCUT2D eigenvalue weighted by Gasteiger charge is -2.30. The number of aliphatic hydroxyl groups is 1. The number of hydrogen-bond acceptors (Lipinski definition) is 5. The highest BCUT2D eigenvalue weighted by Gasteiger charge is 2.26. The van der Waals surface area contributed by atoms with Crippen molar-refractivity contribution in [3.05, 3.63) is 41.2 Å². The van der Waals surface area contributed by atoms with Crippen molar-refractivity contribution >= 4 is 11.6 Å². The number of nitrogens with zero attached hydrogens (tertiary/aromatic N) is 4. The monoisotopic (exact) mass is 361 g/mol. The summed E-state index contributed by atoms with van der Waals surface area (Å²) in [5.74, 6) is 1.26. The van der Waals surface area contributed by atoms with E-state index in [1.54, 1.807) is 19.1 Å². The molecule has 0 atom stereocenters. The van der Waals surface area contributed by atoms with E-state index in [1.165, 1.54) is 6.07 Å². The molecular weight excluding hydrogens is 337 g/mol. The van der Waals surface area contributed by atoms with Crippen LogP contribution >= 0.6 is 0 Å². The van der Waals surface area contributed by atoms with Gasteiger partial charge in [0.05, 0.1) is 6.54 Å². The van der Waals surface area contributed by atoms with Crippen molar-refractivity contribution in [3.8, 4) is 0 Å². The first kappa shape index (κ1) is 18.5. The smallest absolute Gasteiger partial charge is 0.238 e. The van der Waals surface area contributed by atoms with Crippen LogP contribution in [-0.4, -0.2) is 50.3 Å². The van der Waals surface area contributed by atoms with E-state index in [9.17, 15) is 14.3 Å². The average molecular weight is 361 g/mol. The minimum Gasteiger partial charge on any atom is -0.388 e. The van der Waals surface area contributed by atoms with E-state index < -0.39 is 0 Å². The molecule has 1 aliphatic heterocycles. The predicted octanol–water partition coefficient (Wildman–Crippen LogP) is 1.57. The van der Waals surface area contributed by atoms with Crippen molar-refractivity contribution in [3.63, 3.8) is 0 Å². The molecule has 0 bridgehead atoms. The fourth-order valence-corrected chi connectivity index (χ4v) is 3.35. The number of aromatic nitrogens is 3. The van der Waals surface area contributed by atoms with Crippen LogP contribution in [0.25, 0.3) is 0 Å². The molecule has 1 amide bonds. The normalized spacial score (nSPS) is 16.0. The van der Waals surface area contributed by atoms with Crippen LogP contribution in [-0.2, 0) is 18.4 Å². The Balaban J connectivity index is 1.53. The number of piperidine rings is 1. The summed E-state index contributed by atoms with van der Waals surface area (Å²) in [5.41, 5.74) is 0.960. The molecule has 2 N–H and O–H groups in total. The van der Waals surface area contributed by atoms with Gasteiger partial charge in [-0.2, -0.15) is 0 Å². The zero-order valence-electron chi connectivity index (χ0n) is 15.1. The number of aliphatic hydroxyl groups excluding tert-OH is 1. The van der Waals surface area contributed by atoms with Gasteiger partial charge in [0.1, 0.15) is 18.2 Å². The molecule has 2 heterocycles. The largest absolute Gasteiger partial charge is 0.388 e. The van der Waals surface area contributed by atoms with E-state index in [-0.39, 0.29) is 30.8 Å². The molecule has 8 heteroatoms. The molecule has 1 fully saturated rings. The number of anilines is 1. The highest BCUT2D eigenvalue weighted by molar-refractivity contribution is 5.92. The lowest BCUT2D eigenvalue weighted by Crippen LogP contribution is -2.39. The number of nitrogens with one attached hydrogen (secondary N) is 1. The molecule has 3 rings (SSSR count). The van der Waals surface area contributed by atoms with Crippen LogP contribution in [0.5, 0.6) is 0 Å². The summed E-state index contributed by atoms with van der Waals surface area (Å²) in [6.07, 6.45) is 1.76. The molecule has 1 saturated heterocycles. The van der Waals surface area contributed by atoms with Crippen molar-refractivity contribution < 1.29 is 14.3 Å². The average Bonchev–Trinajstić information content (AvgIpc) is 3.00. The number of rotatable bonds is 5. The molecule has 0 aliphatic carbocycles. The number of benzene rings is 1. The summed E-state index contributed by atoms with van der Waals surface area (Å²) in [7, 11) is 1.86. The number of halogens is 1. The Kier molecular flexibility index (Phi) is 5.63. The van der Waals surface area contributed by atoms with E-state index in [1.807, 2.05) is 11.6 Å². The number of likely N-dealkylation sites (tertiary alicyclic amines) is 1. The first-order valence-corrected chi connectivity index (χ1v) is 8.76. The first-order valence-electron chi connectivity index (χ1n) is 8.76. The van der Waals surface area contributed by atoms with Gasteiger partial charge in [0, 0.05) is 24.2 Å². The lowest BCUT2D eigenvalue weighted by molar-refractivity contribution is -0.117. The van der Waals surface area contributed by atoms with Gasteiger partial charge in [0.2, 0.25) is 5.91 Å². The van der Waals surface area contributed by atoms with Crippen molar-refractivity contribution in [2.24, 2.45) is 7.05 Å². The maximum absolute atomic E-state index is 13.6. The van der Waals surface area contributed by atoms with Crippen molar-refractivity contribution in [1.29, 1.82) is 0 Å². The topological polar surface area (TPSA) is 83.3 Å². The molecule has 1 aromatic heterocycles. The molecule has 0 saturated carbocycles. The molecule has 2 aromatic rings. The standard InChI is InChI=1S/C18H24FN5O2/c1-12-14(19)4-3-5-15(12)20-17(26)10-24-8-6-13(7-9-24)18-22-21-16(11-25)23(18)2/h3-5,13,25H,6-11H2,1-2H3,(H,20,26). The Labute approximate surface area is 151 Å². The van der Waals surface area contributed by atoms with Crippen LogP contribution < -0.4 is 5.32 Å². The minimum atomic E-state index is -0.325. The van der Waals surface area contributed by atoms with Gasteiger partial charge >= 0.3 is 0 Å². The second kappa shape index (κ2) is 7.92. The van der Waals surface area contributed by atoms with Gasteiger partial charge in [-0.3, -0.25) is 9.69 Å². The quantitative estimate of drug-likeness (QED) is 0.845. The summed E-state index contributed by atoms with van der Waals surface area (Å²) in [6, 6.07) is 4.67. The Morgan fingerprint density at radius 1 is 1.35 bits per heavy atom. The van der Waals surface area contributed by atoms with E-state index >= 15 is 0 Å². The number of carbonyl (C=O) groups is 1. The van der Waals surface area contributed by atoms with Gasteiger partial charge < -0.3 is 15.0 Å². The third kappa shape index (κ3) is 3.91. The maximum atomic E-state index is 13.6. The Morgan fingerprint density at radius 2 is 2.08 bits per heavy atom. The van der Waals surface area contributed by atoms with Crippen LogP contribution in [0.4, 0.5) is 10.1 Å². The van der Waals surface area contributed by atoms with E-state index in [4.69, 9.17) is 0 Å². The van der Waals surface area contributed by atoms with Crippen molar-refractivity contribution in [2.45, 2.75) is 32.3 Å². The Bertz CT molecular complexity index is 784. The molecule has 7 nitrogen and oxygen atoms in total. The Hall–Kier alpha value is -2.32. The van der Waals surface area contributed by atoms with Gasteiger partial charge in [-0.1, -0.05) is 6.07 Å². The molecular formula is C18H24FN5O2. The summed E-state index contributed by atoms with van der Waals surface area (Å²) < 4.78 is 15.4. The highest BCUT2D eigenvalue weighted by atomic mass is 19.1. The predicted molar refractivity (Wildman–Crippen MR) is 95.1 cm³/mol. The van der Waals surface area contributed by atoms with E-state index in [2.05, 4.69) is 20.4 Å². The molecule has 0 radical (unpaired) electrons. The maximum Gasteiger partial charge on any atom is 0.238 e. The number of amides is 1. The second-order valence-corrected chi connectivity index (χ2v) is 6.70. The zero-order valence-corrected chi connectivity index (χ0v) is 15.1. The third-order valence-corrected chi connectivity index (χ3v) is 5.00. The molecule has 1 aromatic carbocycles. The Morgan fingerprint density at radius 3 is 2.73 bits per heavy atom. The third-order valence-electron chi connectivity index (χ3n) is 5.00. The second-order valence-electron chi connectivity index (χ2n) is 6.70. The molecule has 140 valence electrons. The molecule has 1 aliphatic rings. The van der Waals surface area contributed by atoms with Crippen LogP contribution in [0.3, 0.4) is 0 Å². The minimum absolute atomic E-state index is 0.123. The summed E-state index contributed by atoms with van der Waals surface area (Å²) >= 11 is 0. The molecule has 0 unspecified atom stereocenters. The van der Waals surface area contributed by atoms with Crippen LogP contribution in [0, 0.1) is 12.7 Å². The lowest BCUT2D eigenvalue weighted by atomic mass is 9.96. The van der Waals surface area contributed by atoms with Gasteiger partial charge in [-0.05, 0) is 45.0 Å². The van der Waals surface area contributed by atoms with Crippen LogP contribution in [0.15, 0.2) is 18.2 Å². The van der Waals surface area contributed by atoms with Gasteiger partial charge in [0.15, 0.2) is 5.82 Å².